The Balaban J connectivity index is 1.53. The summed E-state index contributed by atoms with van der Waals surface area (Å²) in [7, 11) is -3.83. The van der Waals surface area contributed by atoms with Gasteiger partial charge < -0.3 is 4.42 Å². The van der Waals surface area contributed by atoms with Crippen LogP contribution in [0.4, 0.5) is 0 Å². The van der Waals surface area contributed by atoms with Crippen LogP contribution in [0, 0.1) is 6.92 Å². The fraction of sp³-hybridized carbons (Fsp3) is 0.0952. The van der Waals surface area contributed by atoms with Gasteiger partial charge in [0.2, 0.25) is 5.91 Å². The van der Waals surface area contributed by atoms with Crippen LogP contribution >= 0.6 is 0 Å². The maximum atomic E-state index is 12.3. The molecule has 0 atom stereocenters. The average Bonchev–Trinajstić information content (AvgIpc) is 3.10. The van der Waals surface area contributed by atoms with Gasteiger partial charge in [-0.2, -0.15) is 0 Å². The monoisotopic (exact) mass is 394 g/mol. The van der Waals surface area contributed by atoms with E-state index in [9.17, 15) is 13.2 Å². The Labute approximate surface area is 162 Å². The van der Waals surface area contributed by atoms with Crippen molar-refractivity contribution in [3.63, 3.8) is 0 Å². The van der Waals surface area contributed by atoms with Crippen molar-refractivity contribution in [1.82, 2.24) is 10.3 Å². The number of carbonyl (C=O) groups excluding carboxylic acids is 1. The molecule has 142 valence electrons. The number of fused-ring (bicyclic) bond motifs is 3. The highest BCUT2D eigenvalue weighted by atomic mass is 32.2. The second kappa shape index (κ2) is 7.10. The molecule has 0 unspecified atom stereocenters. The lowest BCUT2D eigenvalue weighted by molar-refractivity contribution is -0.120. The second-order valence-corrected chi connectivity index (χ2v) is 8.25. The third-order valence-corrected chi connectivity index (χ3v) is 5.81. The molecule has 0 aliphatic rings. The third kappa shape index (κ3) is 3.49. The van der Waals surface area contributed by atoms with Gasteiger partial charge in [0.15, 0.2) is 0 Å². The molecule has 6 nitrogen and oxygen atoms in total. The van der Waals surface area contributed by atoms with Gasteiger partial charge in [0.05, 0.1) is 17.6 Å². The Morgan fingerprint density at radius 2 is 1.75 bits per heavy atom. The topological polar surface area (TPSA) is 88.4 Å². The van der Waals surface area contributed by atoms with Crippen LogP contribution in [0.25, 0.3) is 21.7 Å². The third-order valence-electron chi connectivity index (χ3n) is 4.55. The van der Waals surface area contributed by atoms with Gasteiger partial charge in [-0.15, -0.1) is 4.83 Å². The lowest BCUT2D eigenvalue weighted by Crippen LogP contribution is -2.42. The number of sulfonamides is 1. The van der Waals surface area contributed by atoms with Crippen molar-refractivity contribution in [2.75, 3.05) is 0 Å². The summed E-state index contributed by atoms with van der Waals surface area (Å²) < 4.78 is 30.2. The molecule has 4 aromatic rings. The van der Waals surface area contributed by atoms with Gasteiger partial charge in [0.25, 0.3) is 10.0 Å². The van der Waals surface area contributed by atoms with Gasteiger partial charge in [0.1, 0.15) is 5.58 Å². The molecule has 4 rings (SSSR count). The number of furan rings is 1. The first-order chi connectivity index (χ1) is 13.4. The minimum Gasteiger partial charge on any atom is -0.464 e. The maximum Gasteiger partial charge on any atom is 0.257 e. The molecule has 0 fully saturated rings. The molecule has 0 saturated carbocycles. The number of rotatable bonds is 5. The smallest absolute Gasteiger partial charge is 0.257 e. The van der Waals surface area contributed by atoms with E-state index < -0.39 is 15.9 Å². The quantitative estimate of drug-likeness (QED) is 0.508. The van der Waals surface area contributed by atoms with E-state index in [-0.39, 0.29) is 11.3 Å². The highest BCUT2D eigenvalue weighted by Crippen LogP contribution is 2.30. The lowest BCUT2D eigenvalue weighted by atomic mass is 10.0. The number of carbonyl (C=O) groups is 1. The molecule has 0 aliphatic heterocycles. The molecule has 0 radical (unpaired) electrons. The molecule has 0 bridgehead atoms. The fourth-order valence-corrected chi connectivity index (χ4v) is 3.98. The number of amides is 1. The summed E-state index contributed by atoms with van der Waals surface area (Å²) in [5.41, 5.74) is 4.59. The Bertz CT molecular complexity index is 1280. The summed E-state index contributed by atoms with van der Waals surface area (Å²) in [4.78, 5) is 14.6. The minimum atomic E-state index is -3.83. The largest absolute Gasteiger partial charge is 0.464 e. The Kier molecular flexibility index (Phi) is 4.62. The van der Waals surface area contributed by atoms with Gasteiger partial charge in [-0.05, 0) is 35.9 Å². The van der Waals surface area contributed by atoms with Crippen LogP contribution < -0.4 is 10.3 Å². The zero-order valence-electron chi connectivity index (χ0n) is 15.1. The van der Waals surface area contributed by atoms with E-state index in [4.69, 9.17) is 4.42 Å². The molecule has 0 saturated heterocycles. The van der Waals surface area contributed by atoms with Crippen LogP contribution in [0.5, 0.6) is 0 Å². The zero-order chi connectivity index (χ0) is 19.7. The first-order valence-corrected chi connectivity index (χ1v) is 10.2. The average molecular weight is 394 g/mol. The summed E-state index contributed by atoms with van der Waals surface area (Å²) in [6.07, 6.45) is 1.52. The Hall–Kier alpha value is -3.16. The summed E-state index contributed by atoms with van der Waals surface area (Å²) >= 11 is 0. The number of nitrogens with one attached hydrogen (secondary N) is 2. The number of aryl methyl sites for hydroxylation is 1. The molecular weight excluding hydrogens is 376 g/mol. The first-order valence-electron chi connectivity index (χ1n) is 8.69. The van der Waals surface area contributed by atoms with E-state index in [1.165, 1.54) is 18.4 Å². The summed E-state index contributed by atoms with van der Waals surface area (Å²) in [5.74, 6) is -0.480. The van der Waals surface area contributed by atoms with Gasteiger partial charge in [0, 0.05) is 10.9 Å². The first kappa shape index (κ1) is 18.2. The van der Waals surface area contributed by atoms with Crippen molar-refractivity contribution >= 4 is 37.7 Å². The van der Waals surface area contributed by atoms with E-state index in [0.717, 1.165) is 21.7 Å². The van der Waals surface area contributed by atoms with Crippen LogP contribution in [0.15, 0.2) is 76.2 Å². The van der Waals surface area contributed by atoms with Crippen LogP contribution in [-0.4, -0.2) is 14.3 Å². The number of hydrogen-bond donors (Lipinski definition) is 2. The molecule has 1 amide bonds. The van der Waals surface area contributed by atoms with E-state index in [0.29, 0.717) is 11.1 Å². The van der Waals surface area contributed by atoms with E-state index >= 15 is 0 Å². The molecule has 7 heteroatoms. The Morgan fingerprint density at radius 1 is 1.00 bits per heavy atom. The van der Waals surface area contributed by atoms with Gasteiger partial charge in [-0.25, -0.2) is 8.42 Å². The molecule has 0 aliphatic carbocycles. The molecular formula is C21H18N2O4S. The number of hydrogen-bond acceptors (Lipinski definition) is 4. The normalized spacial score (nSPS) is 11.8. The lowest BCUT2D eigenvalue weighted by Gasteiger charge is -2.08. The zero-order valence-corrected chi connectivity index (χ0v) is 15.9. The predicted octanol–water partition coefficient (Wildman–Crippen LogP) is 3.45. The Morgan fingerprint density at radius 3 is 2.54 bits per heavy atom. The summed E-state index contributed by atoms with van der Waals surface area (Å²) in [6, 6.07) is 18.0. The van der Waals surface area contributed by atoms with Crippen molar-refractivity contribution < 1.29 is 17.6 Å². The van der Waals surface area contributed by atoms with Crippen LogP contribution in [-0.2, 0) is 21.2 Å². The predicted molar refractivity (Wildman–Crippen MR) is 107 cm³/mol. The SMILES string of the molecule is Cc1ccc(S(=O)(=O)NNC(=O)Cc2coc3ccc4ccccc4c23)cc1. The van der Waals surface area contributed by atoms with Crippen LogP contribution in [0.3, 0.4) is 0 Å². The number of benzene rings is 3. The molecule has 0 spiro atoms. The van der Waals surface area contributed by atoms with Gasteiger partial charge in [-0.1, -0.05) is 48.0 Å². The second-order valence-electron chi connectivity index (χ2n) is 6.56. The highest BCUT2D eigenvalue weighted by Gasteiger charge is 2.17. The van der Waals surface area contributed by atoms with Gasteiger partial charge >= 0.3 is 0 Å². The summed E-state index contributed by atoms with van der Waals surface area (Å²) in [5, 5.41) is 2.88. The van der Waals surface area contributed by atoms with Crippen molar-refractivity contribution in [2.45, 2.75) is 18.2 Å². The molecule has 3 aromatic carbocycles. The standard InChI is InChI=1S/C21H18N2O4S/c1-14-6-9-17(10-7-14)28(25,26)23-22-20(24)12-16-13-27-19-11-8-15-4-2-3-5-18(15)21(16)19/h2-11,13,23H,12H2,1H3,(H,22,24). The van der Waals surface area contributed by atoms with Gasteiger partial charge in [-0.3, -0.25) is 10.2 Å². The van der Waals surface area contributed by atoms with Crippen molar-refractivity contribution in [2.24, 2.45) is 0 Å². The van der Waals surface area contributed by atoms with E-state index in [1.54, 1.807) is 12.1 Å². The van der Waals surface area contributed by atoms with Crippen molar-refractivity contribution in [3.05, 3.63) is 78.1 Å². The molecule has 28 heavy (non-hydrogen) atoms. The van der Waals surface area contributed by atoms with Crippen molar-refractivity contribution in [1.29, 1.82) is 0 Å². The van der Waals surface area contributed by atoms with Crippen LogP contribution in [0.1, 0.15) is 11.1 Å². The minimum absolute atomic E-state index is 0.0164. The molecule has 2 N–H and O–H groups in total. The number of hydrazine groups is 1. The maximum absolute atomic E-state index is 12.3. The van der Waals surface area contributed by atoms with E-state index in [2.05, 4.69) is 10.3 Å². The van der Waals surface area contributed by atoms with E-state index in [1.807, 2.05) is 43.3 Å². The fourth-order valence-electron chi connectivity index (χ4n) is 3.12. The van der Waals surface area contributed by atoms with Crippen molar-refractivity contribution in [3.8, 4) is 0 Å². The highest BCUT2D eigenvalue weighted by molar-refractivity contribution is 7.89. The molecule has 1 heterocycles. The summed E-state index contributed by atoms with van der Waals surface area (Å²) in [6.45, 7) is 1.87. The molecule has 1 aromatic heterocycles. The van der Waals surface area contributed by atoms with Crippen LogP contribution in [0.2, 0.25) is 0 Å².